The van der Waals surface area contributed by atoms with Crippen LogP contribution in [0.3, 0.4) is 0 Å². The molecule has 10 heteroatoms. The smallest absolute Gasteiger partial charge is 0.239 e. The lowest BCUT2D eigenvalue weighted by Gasteiger charge is -2.37. The van der Waals surface area contributed by atoms with Crippen molar-refractivity contribution in [1.29, 1.82) is 0 Å². The number of sulfone groups is 1. The van der Waals surface area contributed by atoms with Crippen molar-refractivity contribution >= 4 is 26.9 Å². The molecule has 2 heterocycles. The molecule has 0 bridgehead atoms. The van der Waals surface area contributed by atoms with Crippen LogP contribution in [0, 0.1) is 23.6 Å². The third-order valence-corrected chi connectivity index (χ3v) is 8.32. The Morgan fingerprint density at radius 2 is 1.90 bits per heavy atom. The third kappa shape index (κ3) is 4.19. The maximum absolute atomic E-state index is 14.6. The van der Waals surface area contributed by atoms with Gasteiger partial charge in [-0.1, -0.05) is 12.1 Å². The van der Waals surface area contributed by atoms with Crippen LogP contribution >= 0.6 is 11.3 Å². The highest BCUT2D eigenvalue weighted by atomic mass is 32.2. The van der Waals surface area contributed by atoms with Crippen molar-refractivity contribution in [2.24, 2.45) is 0 Å². The van der Waals surface area contributed by atoms with Gasteiger partial charge in [-0.3, -0.25) is 4.90 Å². The molecule has 1 fully saturated rings. The van der Waals surface area contributed by atoms with Gasteiger partial charge in [0.15, 0.2) is 0 Å². The van der Waals surface area contributed by atoms with Crippen LogP contribution in [0.4, 0.5) is 18.9 Å². The molecule has 1 atom stereocenters. The Kier molecular flexibility index (Phi) is 6.05. The summed E-state index contributed by atoms with van der Waals surface area (Å²) in [6, 6.07) is 6.59. The van der Waals surface area contributed by atoms with Crippen molar-refractivity contribution in [3.05, 3.63) is 70.5 Å². The second-order valence-corrected chi connectivity index (χ2v) is 10.2. The van der Waals surface area contributed by atoms with Crippen LogP contribution < -0.4 is 5.32 Å². The Morgan fingerprint density at radius 1 is 1.19 bits per heavy atom. The first-order valence-electron chi connectivity index (χ1n) is 9.60. The highest BCUT2D eigenvalue weighted by Gasteiger charge is 2.29. The predicted octanol–water partition coefficient (Wildman–Crippen LogP) is 4.57. The van der Waals surface area contributed by atoms with Crippen molar-refractivity contribution in [3.63, 3.8) is 0 Å². The molecule has 31 heavy (non-hydrogen) atoms. The number of anilines is 1. The average molecular weight is 467 g/mol. The molecule has 0 unspecified atom stereocenters. The number of nitrogens with one attached hydrogen (secondary N) is 1. The SMILES string of the molecule is C[C@@H](c1cccc(F)c1CNc1cc(F)c(S(=O)(=O)c2n[c]cs2)c(F)c1)N1CCC1. The summed E-state index contributed by atoms with van der Waals surface area (Å²) in [4.78, 5) is 4.66. The minimum Gasteiger partial charge on any atom is -0.381 e. The highest BCUT2D eigenvalue weighted by molar-refractivity contribution is 7.93. The Labute approximate surface area is 182 Å². The molecule has 1 aromatic heterocycles. The number of halogens is 3. The van der Waals surface area contributed by atoms with E-state index in [0.29, 0.717) is 5.56 Å². The number of nitrogens with zero attached hydrogens (tertiary/aromatic N) is 2. The molecular formula is C21H19F3N3O2S2. The summed E-state index contributed by atoms with van der Waals surface area (Å²) in [5, 5.41) is 4.10. The molecule has 1 N–H and O–H groups in total. The van der Waals surface area contributed by atoms with Crippen molar-refractivity contribution in [1.82, 2.24) is 9.88 Å². The van der Waals surface area contributed by atoms with E-state index < -0.39 is 36.5 Å². The average Bonchev–Trinajstić information content (AvgIpc) is 3.20. The molecule has 2 aromatic carbocycles. The third-order valence-electron chi connectivity index (χ3n) is 5.38. The standard InChI is InChI=1S/C21H19F3N3O2S2/c1-13(27-7-3-8-27)15-4-2-5-17(22)16(15)12-26-14-10-18(23)20(19(24)11-14)31(28,29)21-25-6-9-30-21/h2,4-5,9-11,13,26H,3,7-8,12H2,1H3/t13-/m0/s1. The Bertz CT molecular complexity index is 1170. The van der Waals surface area contributed by atoms with Crippen molar-refractivity contribution < 1.29 is 21.6 Å². The zero-order valence-electron chi connectivity index (χ0n) is 16.5. The topological polar surface area (TPSA) is 62.3 Å². The fraction of sp³-hybridized carbons (Fsp3) is 0.286. The van der Waals surface area contributed by atoms with Gasteiger partial charge in [-0.25, -0.2) is 26.6 Å². The largest absolute Gasteiger partial charge is 0.381 e. The molecule has 4 rings (SSSR count). The van der Waals surface area contributed by atoms with Gasteiger partial charge in [0, 0.05) is 29.2 Å². The van der Waals surface area contributed by atoms with E-state index in [1.165, 1.54) is 11.4 Å². The molecule has 1 aliphatic heterocycles. The fourth-order valence-electron chi connectivity index (χ4n) is 3.58. The lowest BCUT2D eigenvalue weighted by Crippen LogP contribution is -2.39. The molecule has 1 radical (unpaired) electrons. The van der Waals surface area contributed by atoms with Crippen LogP contribution in [0.5, 0.6) is 0 Å². The molecular weight excluding hydrogens is 447 g/mol. The minimum atomic E-state index is -4.44. The van der Waals surface area contributed by atoms with Crippen LogP contribution in [0.15, 0.2) is 44.9 Å². The van der Waals surface area contributed by atoms with Gasteiger partial charge in [0.05, 0.1) is 0 Å². The summed E-state index contributed by atoms with van der Waals surface area (Å²) < 4.78 is 68.2. The van der Waals surface area contributed by atoms with E-state index in [1.807, 2.05) is 13.0 Å². The number of rotatable bonds is 7. The van der Waals surface area contributed by atoms with Gasteiger partial charge in [0.25, 0.3) is 0 Å². The first kappa shape index (κ1) is 21.8. The van der Waals surface area contributed by atoms with E-state index in [0.717, 1.165) is 48.5 Å². The molecule has 1 saturated heterocycles. The molecule has 0 saturated carbocycles. The maximum Gasteiger partial charge on any atom is 0.239 e. The fourth-order valence-corrected chi connectivity index (χ4v) is 5.77. The molecule has 5 nitrogen and oxygen atoms in total. The molecule has 3 aromatic rings. The Hall–Kier alpha value is -2.43. The molecule has 0 aliphatic carbocycles. The molecule has 0 amide bonds. The van der Waals surface area contributed by atoms with Gasteiger partial charge in [0.2, 0.25) is 14.2 Å². The van der Waals surface area contributed by atoms with Crippen LogP contribution in [-0.4, -0.2) is 31.4 Å². The zero-order valence-corrected chi connectivity index (χ0v) is 18.2. The zero-order chi connectivity index (χ0) is 22.2. The first-order chi connectivity index (χ1) is 14.8. The van der Waals surface area contributed by atoms with E-state index in [-0.39, 0.29) is 18.3 Å². The van der Waals surface area contributed by atoms with Crippen molar-refractivity contribution in [2.45, 2.75) is 35.2 Å². The number of likely N-dealkylation sites (tertiary alicyclic amines) is 1. The van der Waals surface area contributed by atoms with E-state index in [9.17, 15) is 21.6 Å². The second kappa shape index (κ2) is 8.60. The van der Waals surface area contributed by atoms with Crippen LogP contribution in [0.2, 0.25) is 0 Å². The van der Waals surface area contributed by atoms with Crippen LogP contribution in [0.1, 0.15) is 30.5 Å². The van der Waals surface area contributed by atoms with Crippen molar-refractivity contribution in [3.8, 4) is 0 Å². The van der Waals surface area contributed by atoms with Gasteiger partial charge >= 0.3 is 0 Å². The molecule has 163 valence electrons. The lowest BCUT2D eigenvalue weighted by atomic mass is 9.97. The quantitative estimate of drug-likeness (QED) is 0.553. The maximum atomic E-state index is 14.6. The van der Waals surface area contributed by atoms with Gasteiger partial charge < -0.3 is 5.32 Å². The van der Waals surface area contributed by atoms with Gasteiger partial charge in [0.1, 0.15) is 28.5 Å². The Balaban J connectivity index is 1.59. The lowest BCUT2D eigenvalue weighted by molar-refractivity contribution is 0.128. The Morgan fingerprint density at radius 3 is 2.48 bits per heavy atom. The molecule has 1 aliphatic rings. The molecule has 0 spiro atoms. The summed E-state index contributed by atoms with van der Waals surface area (Å²) in [6.07, 6.45) is 3.42. The van der Waals surface area contributed by atoms with E-state index in [4.69, 9.17) is 0 Å². The predicted molar refractivity (Wildman–Crippen MR) is 111 cm³/mol. The van der Waals surface area contributed by atoms with E-state index in [2.05, 4.69) is 21.4 Å². The number of aromatic nitrogens is 1. The first-order valence-corrected chi connectivity index (χ1v) is 12.0. The van der Waals surface area contributed by atoms with Gasteiger partial charge in [-0.2, -0.15) is 0 Å². The minimum absolute atomic E-state index is 0.00505. The van der Waals surface area contributed by atoms with Crippen molar-refractivity contribution in [2.75, 3.05) is 18.4 Å². The summed E-state index contributed by atoms with van der Waals surface area (Å²) >= 11 is 0.719. The monoisotopic (exact) mass is 466 g/mol. The number of thiazole rings is 1. The number of hydrogen-bond acceptors (Lipinski definition) is 6. The summed E-state index contributed by atoms with van der Waals surface area (Å²) in [6.45, 7) is 3.86. The van der Waals surface area contributed by atoms with Crippen LogP contribution in [-0.2, 0) is 16.4 Å². The van der Waals surface area contributed by atoms with Gasteiger partial charge in [-0.05, 0) is 50.2 Å². The summed E-state index contributed by atoms with van der Waals surface area (Å²) in [5.74, 6) is -2.92. The summed E-state index contributed by atoms with van der Waals surface area (Å²) in [7, 11) is -4.44. The normalized spacial score (nSPS) is 15.5. The van der Waals surface area contributed by atoms with Gasteiger partial charge in [-0.15, -0.1) is 11.3 Å². The summed E-state index contributed by atoms with van der Waals surface area (Å²) in [5.41, 5.74) is 1.20. The number of benzene rings is 2. The van der Waals surface area contributed by atoms with E-state index >= 15 is 0 Å². The highest BCUT2D eigenvalue weighted by Crippen LogP contribution is 2.31. The van der Waals surface area contributed by atoms with E-state index in [1.54, 1.807) is 6.07 Å². The second-order valence-electron chi connectivity index (χ2n) is 7.24. The number of hydrogen-bond donors (Lipinski definition) is 1. The van der Waals surface area contributed by atoms with Crippen LogP contribution in [0.25, 0.3) is 0 Å².